The molecule has 1 aliphatic carbocycles. The van der Waals surface area contributed by atoms with Gasteiger partial charge in [0.25, 0.3) is 5.91 Å². The van der Waals surface area contributed by atoms with Gasteiger partial charge >= 0.3 is 0 Å². The number of aryl methyl sites for hydroxylation is 3. The molecule has 4 rings (SSSR count). The van der Waals surface area contributed by atoms with Crippen LogP contribution in [0.15, 0.2) is 29.0 Å². The number of benzene rings is 1. The van der Waals surface area contributed by atoms with Crippen LogP contribution in [0.4, 0.5) is 0 Å². The van der Waals surface area contributed by atoms with Crippen LogP contribution >= 0.6 is 0 Å². The Labute approximate surface area is 149 Å². The molecule has 2 heterocycles. The topological polar surface area (TPSA) is 106 Å². The Morgan fingerprint density at radius 3 is 3.00 bits per heavy atom. The van der Waals surface area contributed by atoms with Crippen molar-refractivity contribution in [1.29, 1.82) is 0 Å². The monoisotopic (exact) mass is 353 g/mol. The van der Waals surface area contributed by atoms with E-state index >= 15 is 0 Å². The zero-order valence-electron chi connectivity index (χ0n) is 14.6. The normalized spacial score (nSPS) is 15.8. The quantitative estimate of drug-likeness (QED) is 0.744. The number of aromatic hydroxyl groups is 1. The maximum Gasteiger partial charge on any atom is 0.254 e. The average molecular weight is 353 g/mol. The Morgan fingerprint density at radius 2 is 2.31 bits per heavy atom. The number of carbonyl (C=O) groups is 1. The summed E-state index contributed by atoms with van der Waals surface area (Å²) >= 11 is 0. The lowest BCUT2D eigenvalue weighted by atomic mass is 10.0. The lowest BCUT2D eigenvalue weighted by molar-refractivity contribution is 0.0936. The standard InChI is InChI=1S/C18H19N5O3/c1-3-15-21-17(22-26-15)11-6-10-4-5-13(16(10)14(24)7-11)20-18(25)12-8-19-23(2)9-12/h6-9,13,24H,3-5H2,1-2H3,(H,20,25). The number of nitrogens with one attached hydrogen (secondary N) is 1. The predicted octanol–water partition coefficient (Wildman–Crippen LogP) is 2.16. The van der Waals surface area contributed by atoms with Crippen LogP contribution in [0.3, 0.4) is 0 Å². The molecule has 26 heavy (non-hydrogen) atoms. The van der Waals surface area contributed by atoms with E-state index in [9.17, 15) is 9.90 Å². The summed E-state index contributed by atoms with van der Waals surface area (Å²) in [5.74, 6) is 0.948. The SMILES string of the molecule is CCc1nc(-c2cc(O)c3c(c2)CCC3NC(=O)c2cnn(C)c2)no1. The first kappa shape index (κ1) is 16.3. The summed E-state index contributed by atoms with van der Waals surface area (Å²) in [7, 11) is 1.76. The van der Waals surface area contributed by atoms with Crippen LogP contribution in [-0.4, -0.2) is 30.9 Å². The van der Waals surface area contributed by atoms with Gasteiger partial charge in [-0.1, -0.05) is 12.1 Å². The van der Waals surface area contributed by atoms with Gasteiger partial charge in [0, 0.05) is 30.8 Å². The number of hydrogen-bond donors (Lipinski definition) is 2. The number of nitrogens with zero attached hydrogens (tertiary/aromatic N) is 4. The minimum atomic E-state index is -0.233. The van der Waals surface area contributed by atoms with Crippen molar-refractivity contribution in [1.82, 2.24) is 25.2 Å². The van der Waals surface area contributed by atoms with Crippen molar-refractivity contribution in [3.05, 3.63) is 47.1 Å². The molecule has 1 amide bonds. The smallest absolute Gasteiger partial charge is 0.254 e. The predicted molar refractivity (Wildman–Crippen MR) is 92.5 cm³/mol. The number of amides is 1. The average Bonchev–Trinajstić information content (AvgIpc) is 3.34. The van der Waals surface area contributed by atoms with E-state index in [0.717, 1.165) is 24.0 Å². The number of carbonyl (C=O) groups excluding carboxylic acids is 1. The fourth-order valence-electron chi connectivity index (χ4n) is 3.32. The summed E-state index contributed by atoms with van der Waals surface area (Å²) in [5.41, 5.74) is 2.95. The molecular weight excluding hydrogens is 334 g/mol. The summed E-state index contributed by atoms with van der Waals surface area (Å²) < 4.78 is 6.72. The Bertz CT molecular complexity index is 975. The van der Waals surface area contributed by atoms with E-state index in [-0.39, 0.29) is 17.7 Å². The summed E-state index contributed by atoms with van der Waals surface area (Å²) in [6.07, 6.45) is 5.33. The minimum Gasteiger partial charge on any atom is -0.508 e. The van der Waals surface area contributed by atoms with Crippen LogP contribution in [0.1, 0.15) is 46.8 Å². The number of phenols is 1. The third kappa shape index (κ3) is 2.83. The van der Waals surface area contributed by atoms with Crippen LogP contribution in [0.2, 0.25) is 0 Å². The summed E-state index contributed by atoms with van der Waals surface area (Å²) in [6.45, 7) is 1.94. The van der Waals surface area contributed by atoms with Crippen molar-refractivity contribution in [2.45, 2.75) is 32.2 Å². The lowest BCUT2D eigenvalue weighted by Crippen LogP contribution is -2.26. The Kier molecular flexibility index (Phi) is 3.95. The van der Waals surface area contributed by atoms with Crippen molar-refractivity contribution in [3.8, 4) is 17.1 Å². The van der Waals surface area contributed by atoms with E-state index in [1.165, 1.54) is 6.20 Å². The van der Waals surface area contributed by atoms with Gasteiger partial charge in [-0.3, -0.25) is 9.48 Å². The van der Waals surface area contributed by atoms with E-state index in [1.54, 1.807) is 24.0 Å². The number of aromatic nitrogens is 4. The van der Waals surface area contributed by atoms with Crippen molar-refractivity contribution >= 4 is 5.91 Å². The van der Waals surface area contributed by atoms with E-state index in [0.29, 0.717) is 29.3 Å². The Hall–Kier alpha value is -3.16. The molecule has 1 unspecified atom stereocenters. The second-order valence-corrected chi connectivity index (χ2v) is 6.40. The van der Waals surface area contributed by atoms with Gasteiger partial charge in [-0.2, -0.15) is 10.1 Å². The fourth-order valence-corrected chi connectivity index (χ4v) is 3.32. The number of rotatable bonds is 4. The van der Waals surface area contributed by atoms with Crippen molar-refractivity contribution in [2.75, 3.05) is 0 Å². The van der Waals surface area contributed by atoms with Gasteiger partial charge in [-0.15, -0.1) is 0 Å². The third-order valence-corrected chi connectivity index (χ3v) is 4.60. The van der Waals surface area contributed by atoms with Gasteiger partial charge in [-0.25, -0.2) is 0 Å². The molecule has 1 aromatic carbocycles. The zero-order chi connectivity index (χ0) is 18.3. The molecule has 3 aromatic rings. The van der Waals surface area contributed by atoms with Crippen LogP contribution in [0.5, 0.6) is 5.75 Å². The van der Waals surface area contributed by atoms with Gasteiger partial charge < -0.3 is 14.9 Å². The number of hydrogen-bond acceptors (Lipinski definition) is 6. The van der Waals surface area contributed by atoms with E-state index in [1.807, 2.05) is 13.0 Å². The fraction of sp³-hybridized carbons (Fsp3) is 0.333. The molecule has 1 atom stereocenters. The molecule has 0 fully saturated rings. The Morgan fingerprint density at radius 1 is 1.46 bits per heavy atom. The maximum atomic E-state index is 12.4. The highest BCUT2D eigenvalue weighted by atomic mass is 16.5. The van der Waals surface area contributed by atoms with Gasteiger partial charge in [0.15, 0.2) is 0 Å². The molecule has 0 saturated heterocycles. The van der Waals surface area contributed by atoms with Gasteiger partial charge in [-0.05, 0) is 30.5 Å². The molecule has 8 heteroatoms. The molecule has 0 saturated carbocycles. The third-order valence-electron chi connectivity index (χ3n) is 4.60. The van der Waals surface area contributed by atoms with E-state index in [2.05, 4.69) is 20.6 Å². The second-order valence-electron chi connectivity index (χ2n) is 6.40. The summed E-state index contributed by atoms with van der Waals surface area (Å²) in [5, 5.41) is 21.5. The first-order valence-electron chi connectivity index (χ1n) is 8.53. The Balaban J connectivity index is 1.60. The largest absolute Gasteiger partial charge is 0.508 e. The van der Waals surface area contributed by atoms with Gasteiger partial charge in [0.05, 0.1) is 17.8 Å². The van der Waals surface area contributed by atoms with Crippen molar-refractivity contribution < 1.29 is 14.4 Å². The molecule has 1 aliphatic rings. The van der Waals surface area contributed by atoms with Crippen molar-refractivity contribution in [2.24, 2.45) is 7.05 Å². The highest BCUT2D eigenvalue weighted by molar-refractivity contribution is 5.94. The molecular formula is C18H19N5O3. The number of fused-ring (bicyclic) bond motifs is 1. The molecule has 2 N–H and O–H groups in total. The first-order valence-corrected chi connectivity index (χ1v) is 8.53. The van der Waals surface area contributed by atoms with Crippen LogP contribution in [0, 0.1) is 0 Å². The molecule has 2 aromatic heterocycles. The molecule has 8 nitrogen and oxygen atoms in total. The summed E-state index contributed by atoms with van der Waals surface area (Å²) in [4.78, 5) is 16.7. The van der Waals surface area contributed by atoms with Crippen LogP contribution in [-0.2, 0) is 19.9 Å². The maximum absolute atomic E-state index is 12.4. The highest BCUT2D eigenvalue weighted by Crippen LogP contribution is 2.40. The lowest BCUT2D eigenvalue weighted by Gasteiger charge is -2.15. The van der Waals surface area contributed by atoms with Gasteiger partial charge in [0.2, 0.25) is 11.7 Å². The molecule has 0 spiro atoms. The van der Waals surface area contributed by atoms with Crippen molar-refractivity contribution in [3.63, 3.8) is 0 Å². The molecule has 134 valence electrons. The molecule has 0 radical (unpaired) electrons. The highest BCUT2D eigenvalue weighted by Gasteiger charge is 2.29. The zero-order valence-corrected chi connectivity index (χ0v) is 14.6. The first-order chi connectivity index (χ1) is 12.5. The second kappa shape index (κ2) is 6.29. The van der Waals surface area contributed by atoms with Crippen LogP contribution < -0.4 is 5.32 Å². The molecule has 0 bridgehead atoms. The number of phenolic OH excluding ortho intramolecular Hbond substituents is 1. The summed E-state index contributed by atoms with van der Waals surface area (Å²) in [6, 6.07) is 3.34. The minimum absolute atomic E-state index is 0.134. The van der Waals surface area contributed by atoms with E-state index in [4.69, 9.17) is 4.52 Å². The van der Waals surface area contributed by atoms with E-state index < -0.39 is 0 Å². The molecule has 0 aliphatic heterocycles. The van der Waals surface area contributed by atoms with Crippen LogP contribution in [0.25, 0.3) is 11.4 Å². The van der Waals surface area contributed by atoms with Gasteiger partial charge in [0.1, 0.15) is 5.75 Å².